The molecule has 4 heteroatoms. The molecule has 4 nitrogen and oxygen atoms in total. The van der Waals surface area contributed by atoms with Gasteiger partial charge in [-0.1, -0.05) is 12.2 Å². The van der Waals surface area contributed by atoms with Crippen molar-refractivity contribution in [1.82, 2.24) is 15.1 Å². The van der Waals surface area contributed by atoms with Gasteiger partial charge >= 0.3 is 0 Å². The first-order valence-electron chi connectivity index (χ1n) is 4.30. The monoisotopic (exact) mass is 191 g/mol. The van der Waals surface area contributed by atoms with Gasteiger partial charge in [0.2, 0.25) is 0 Å². The zero-order chi connectivity index (χ0) is 10.4. The largest absolute Gasteiger partial charge is 0.330 e. The third kappa shape index (κ3) is 2.32. The third-order valence-electron chi connectivity index (χ3n) is 1.72. The SMILES string of the molecule is C=CCN(CC=C)C(=O)c1ccn[nH]1. The molecule has 0 aliphatic rings. The normalized spacial score (nSPS) is 9.43. The van der Waals surface area contributed by atoms with Gasteiger partial charge in [0, 0.05) is 19.3 Å². The van der Waals surface area contributed by atoms with Crippen molar-refractivity contribution < 1.29 is 4.79 Å². The molecule has 0 unspecified atom stereocenters. The summed E-state index contributed by atoms with van der Waals surface area (Å²) in [6, 6.07) is 1.64. The molecule has 1 aromatic heterocycles. The summed E-state index contributed by atoms with van der Waals surface area (Å²) in [5, 5.41) is 6.35. The standard InChI is InChI=1S/C10H13N3O/c1-3-7-13(8-4-2)10(14)9-5-6-11-12-9/h3-6H,1-2,7-8H2,(H,11,12). The van der Waals surface area contributed by atoms with Crippen LogP contribution in [0, 0.1) is 0 Å². The van der Waals surface area contributed by atoms with Gasteiger partial charge in [-0.15, -0.1) is 13.2 Å². The predicted octanol–water partition coefficient (Wildman–Crippen LogP) is 1.22. The fourth-order valence-electron chi connectivity index (χ4n) is 1.10. The van der Waals surface area contributed by atoms with Crippen LogP contribution in [0.3, 0.4) is 0 Å². The van der Waals surface area contributed by atoms with E-state index in [0.29, 0.717) is 18.8 Å². The predicted molar refractivity (Wildman–Crippen MR) is 54.9 cm³/mol. The van der Waals surface area contributed by atoms with E-state index < -0.39 is 0 Å². The zero-order valence-corrected chi connectivity index (χ0v) is 7.94. The van der Waals surface area contributed by atoms with E-state index in [1.807, 2.05) is 0 Å². The van der Waals surface area contributed by atoms with Crippen LogP contribution in [0.4, 0.5) is 0 Å². The molecule has 1 heterocycles. The van der Waals surface area contributed by atoms with E-state index in [0.717, 1.165) is 0 Å². The molecule has 0 spiro atoms. The van der Waals surface area contributed by atoms with Crippen LogP contribution >= 0.6 is 0 Å². The minimum absolute atomic E-state index is 0.0951. The molecule has 1 rings (SSSR count). The molecule has 1 amide bonds. The second kappa shape index (κ2) is 5.01. The summed E-state index contributed by atoms with van der Waals surface area (Å²) < 4.78 is 0. The Morgan fingerprint density at radius 3 is 2.57 bits per heavy atom. The van der Waals surface area contributed by atoms with Crippen molar-refractivity contribution in [2.24, 2.45) is 0 Å². The lowest BCUT2D eigenvalue weighted by Crippen LogP contribution is -2.31. The van der Waals surface area contributed by atoms with E-state index >= 15 is 0 Å². The Hall–Kier alpha value is -1.84. The summed E-state index contributed by atoms with van der Waals surface area (Å²) >= 11 is 0. The molecular weight excluding hydrogens is 178 g/mol. The highest BCUT2D eigenvalue weighted by atomic mass is 16.2. The van der Waals surface area contributed by atoms with E-state index in [9.17, 15) is 4.79 Å². The van der Waals surface area contributed by atoms with E-state index in [1.165, 1.54) is 0 Å². The minimum Gasteiger partial charge on any atom is -0.330 e. The number of nitrogens with zero attached hydrogens (tertiary/aromatic N) is 2. The fraction of sp³-hybridized carbons (Fsp3) is 0.200. The number of rotatable bonds is 5. The molecule has 0 aromatic carbocycles. The van der Waals surface area contributed by atoms with Crippen molar-refractivity contribution in [2.45, 2.75) is 0 Å². The van der Waals surface area contributed by atoms with E-state index in [-0.39, 0.29) is 5.91 Å². The van der Waals surface area contributed by atoms with Gasteiger partial charge in [-0.2, -0.15) is 5.10 Å². The van der Waals surface area contributed by atoms with Gasteiger partial charge in [0.1, 0.15) is 5.69 Å². The van der Waals surface area contributed by atoms with Gasteiger partial charge in [-0.25, -0.2) is 0 Å². The van der Waals surface area contributed by atoms with Gasteiger partial charge in [0.25, 0.3) is 5.91 Å². The maximum atomic E-state index is 11.7. The van der Waals surface area contributed by atoms with E-state index in [1.54, 1.807) is 29.3 Å². The smallest absolute Gasteiger partial charge is 0.272 e. The highest BCUT2D eigenvalue weighted by Crippen LogP contribution is 2.00. The van der Waals surface area contributed by atoms with Gasteiger partial charge < -0.3 is 4.90 Å². The van der Waals surface area contributed by atoms with Crippen molar-refractivity contribution in [1.29, 1.82) is 0 Å². The maximum Gasteiger partial charge on any atom is 0.272 e. The van der Waals surface area contributed by atoms with Crippen molar-refractivity contribution in [2.75, 3.05) is 13.1 Å². The lowest BCUT2D eigenvalue weighted by molar-refractivity contribution is 0.0785. The van der Waals surface area contributed by atoms with Crippen LogP contribution in [-0.4, -0.2) is 34.1 Å². The van der Waals surface area contributed by atoms with Crippen LogP contribution in [0.1, 0.15) is 10.5 Å². The summed E-state index contributed by atoms with van der Waals surface area (Å²) in [6.07, 6.45) is 4.91. The third-order valence-corrected chi connectivity index (χ3v) is 1.72. The average molecular weight is 191 g/mol. The van der Waals surface area contributed by atoms with Gasteiger partial charge in [0.05, 0.1) is 0 Å². The highest BCUT2D eigenvalue weighted by Gasteiger charge is 2.13. The first-order valence-corrected chi connectivity index (χ1v) is 4.30. The topological polar surface area (TPSA) is 49.0 Å². The Morgan fingerprint density at radius 1 is 1.50 bits per heavy atom. The molecule has 0 saturated heterocycles. The Labute approximate surface area is 82.9 Å². The van der Waals surface area contributed by atoms with Crippen molar-refractivity contribution >= 4 is 5.91 Å². The molecule has 0 fully saturated rings. The van der Waals surface area contributed by atoms with Crippen LogP contribution in [0.2, 0.25) is 0 Å². The Balaban J connectivity index is 2.72. The number of H-pyrrole nitrogens is 1. The molecule has 0 radical (unpaired) electrons. The second-order valence-electron chi connectivity index (χ2n) is 2.76. The highest BCUT2D eigenvalue weighted by molar-refractivity contribution is 5.92. The van der Waals surface area contributed by atoms with Gasteiger partial charge in [0.15, 0.2) is 0 Å². The molecule has 0 saturated carbocycles. The van der Waals surface area contributed by atoms with Gasteiger partial charge in [-0.05, 0) is 6.07 Å². The van der Waals surface area contributed by atoms with Crippen LogP contribution < -0.4 is 0 Å². The van der Waals surface area contributed by atoms with Crippen molar-refractivity contribution in [3.63, 3.8) is 0 Å². The molecule has 0 aliphatic carbocycles. The maximum absolute atomic E-state index is 11.7. The molecule has 74 valence electrons. The average Bonchev–Trinajstić information content (AvgIpc) is 2.69. The lowest BCUT2D eigenvalue weighted by atomic mass is 10.3. The number of carbonyl (C=O) groups is 1. The number of nitrogens with one attached hydrogen (secondary N) is 1. The van der Waals surface area contributed by atoms with Crippen molar-refractivity contribution in [3.8, 4) is 0 Å². The van der Waals surface area contributed by atoms with Crippen LogP contribution in [0.5, 0.6) is 0 Å². The zero-order valence-electron chi connectivity index (χ0n) is 7.94. The van der Waals surface area contributed by atoms with Crippen molar-refractivity contribution in [3.05, 3.63) is 43.3 Å². The number of carbonyl (C=O) groups excluding carboxylic acids is 1. The molecule has 0 aliphatic heterocycles. The summed E-state index contributed by atoms with van der Waals surface area (Å²) in [6.45, 7) is 8.19. The van der Waals surface area contributed by atoms with Crippen LogP contribution in [0.15, 0.2) is 37.6 Å². The number of hydrogen-bond acceptors (Lipinski definition) is 2. The lowest BCUT2D eigenvalue weighted by Gasteiger charge is -2.17. The number of hydrogen-bond donors (Lipinski definition) is 1. The molecule has 1 N–H and O–H groups in total. The van der Waals surface area contributed by atoms with Crippen LogP contribution in [-0.2, 0) is 0 Å². The fourth-order valence-corrected chi connectivity index (χ4v) is 1.10. The van der Waals surface area contributed by atoms with E-state index in [4.69, 9.17) is 0 Å². The summed E-state index contributed by atoms with van der Waals surface area (Å²) in [5.41, 5.74) is 0.480. The van der Waals surface area contributed by atoms with E-state index in [2.05, 4.69) is 23.4 Å². The Morgan fingerprint density at radius 2 is 2.14 bits per heavy atom. The molecule has 0 atom stereocenters. The quantitative estimate of drug-likeness (QED) is 0.711. The Bertz CT molecular complexity index is 306. The van der Waals surface area contributed by atoms with Gasteiger partial charge in [-0.3, -0.25) is 9.89 Å². The first kappa shape index (κ1) is 10.2. The molecule has 1 aromatic rings. The molecular formula is C10H13N3O. The number of amides is 1. The molecule has 0 bridgehead atoms. The number of aromatic nitrogens is 2. The minimum atomic E-state index is -0.0951. The molecule has 14 heavy (non-hydrogen) atoms. The number of aromatic amines is 1. The Kier molecular flexibility index (Phi) is 3.67. The first-order chi connectivity index (χ1) is 6.79. The summed E-state index contributed by atoms with van der Waals surface area (Å²) in [5.74, 6) is -0.0951. The second-order valence-corrected chi connectivity index (χ2v) is 2.76. The summed E-state index contributed by atoms with van der Waals surface area (Å²) in [7, 11) is 0. The van der Waals surface area contributed by atoms with Crippen LogP contribution in [0.25, 0.3) is 0 Å². The summed E-state index contributed by atoms with van der Waals surface area (Å²) in [4.78, 5) is 13.4.